The van der Waals surface area contributed by atoms with Gasteiger partial charge in [0.05, 0.1) is 55.7 Å². The molecule has 514 valence electrons. The SMILES string of the molecule is C#CCN1CCN(C(=O)OC(C)(C)C)CC1.CNc1cc(C)nc(Nc2ccc(OC)c(C#CCN3CCN(C(=O)OC(C)(C)C)CC3)c2)n1.CNc1cc(C)nc(Nc2ccc(OC)c(C#CCN3CCNCC3)c2)n1.CNc1cc(C)nc(Nc2ccc(OC)c(I)c2)n1. The van der Waals surface area contributed by atoms with Crippen LogP contribution in [0.1, 0.15) is 69.8 Å². The van der Waals surface area contributed by atoms with E-state index in [1.165, 1.54) is 0 Å². The van der Waals surface area contributed by atoms with E-state index in [0.29, 0.717) is 62.9 Å². The van der Waals surface area contributed by atoms with Gasteiger partial charge in [0.1, 0.15) is 45.9 Å². The van der Waals surface area contributed by atoms with Crippen LogP contribution < -0.4 is 51.4 Å². The zero-order valence-corrected chi connectivity index (χ0v) is 60.4. The third kappa shape index (κ3) is 26.2. The highest BCUT2D eigenvalue weighted by Crippen LogP contribution is 2.28. The van der Waals surface area contributed by atoms with Gasteiger partial charge < -0.3 is 70.7 Å². The lowest BCUT2D eigenvalue weighted by Gasteiger charge is -2.34. The van der Waals surface area contributed by atoms with E-state index in [0.717, 1.165) is 137 Å². The van der Waals surface area contributed by atoms with Crippen LogP contribution in [0, 0.1) is 60.4 Å². The Hall–Kier alpha value is -9.11. The summed E-state index contributed by atoms with van der Waals surface area (Å²) in [7, 11) is 10.4. The van der Waals surface area contributed by atoms with Crippen molar-refractivity contribution in [1.82, 2.24) is 59.7 Å². The van der Waals surface area contributed by atoms with Gasteiger partial charge in [-0.15, -0.1) is 6.42 Å². The highest BCUT2D eigenvalue weighted by Gasteiger charge is 2.27. The van der Waals surface area contributed by atoms with Gasteiger partial charge in [-0.2, -0.15) is 15.0 Å². The standard InChI is InChI=1S/C25H34N6O3.C20H26N6O.C13H15IN4O.C12H20N2O2/c1-18-16-22(26-5)29-23(27-18)28-20-9-10-21(33-6)19(17-20)8-7-11-30-12-14-31(15-13-30)24(32)34-25(2,3)4;1-15-13-19(21-2)25-20(23-15)24-17-6-7-18(27-3)16(14-17)5-4-10-26-11-8-22-9-12-26;1-8-6-12(15-2)18-13(16-8)17-9-4-5-11(19-3)10(14)7-9;1-5-6-13-7-9-14(10-8-13)11(15)16-12(2,3)4/h9-10,16-17H,11-15H2,1-6H3,(H2,26,27,28,29);6-7,13-14,22H,8-12H2,1-3H3,(H2,21,23,24,25);4-7H,1-3H3,(H2,15,16,17,18);1H,6-10H2,2-4H3. The van der Waals surface area contributed by atoms with Crippen molar-refractivity contribution in [1.29, 1.82) is 0 Å². The Labute approximate surface area is 580 Å². The Morgan fingerprint density at radius 1 is 0.500 bits per heavy atom. The van der Waals surface area contributed by atoms with Crippen LogP contribution in [0.5, 0.6) is 17.2 Å². The molecule has 7 N–H and O–H groups in total. The van der Waals surface area contributed by atoms with Crippen LogP contribution in [0.2, 0.25) is 0 Å². The van der Waals surface area contributed by atoms with Crippen molar-refractivity contribution in [3.05, 3.63) is 105 Å². The van der Waals surface area contributed by atoms with E-state index in [4.69, 9.17) is 30.1 Å². The summed E-state index contributed by atoms with van der Waals surface area (Å²) in [5, 5.41) is 22.1. The summed E-state index contributed by atoms with van der Waals surface area (Å²) < 4.78 is 28.0. The highest BCUT2D eigenvalue weighted by molar-refractivity contribution is 14.1. The number of nitrogens with zero attached hydrogens (tertiary/aromatic N) is 11. The predicted octanol–water partition coefficient (Wildman–Crippen LogP) is 9.67. The molecule has 6 heterocycles. The monoisotopic (exact) mass is 1430 g/mol. The lowest BCUT2D eigenvalue weighted by atomic mass is 10.1. The lowest BCUT2D eigenvalue weighted by Crippen LogP contribution is -2.50. The summed E-state index contributed by atoms with van der Waals surface area (Å²) >= 11 is 2.23. The van der Waals surface area contributed by atoms with E-state index in [1.807, 2.05) is 156 Å². The summed E-state index contributed by atoms with van der Waals surface area (Å²) in [6, 6.07) is 23.0. The summed E-state index contributed by atoms with van der Waals surface area (Å²) in [6.45, 7) is 29.0. The molecule has 3 aromatic carbocycles. The molecular formula is C70H95IN18O7. The number of aromatic nitrogens is 6. The van der Waals surface area contributed by atoms with Gasteiger partial charge in [0.15, 0.2) is 0 Å². The van der Waals surface area contributed by atoms with Crippen LogP contribution >= 0.6 is 22.6 Å². The maximum atomic E-state index is 12.2. The van der Waals surface area contributed by atoms with Crippen LogP contribution in [0.3, 0.4) is 0 Å². The number of piperazine rings is 3. The van der Waals surface area contributed by atoms with E-state index in [9.17, 15) is 9.59 Å². The fourth-order valence-corrected chi connectivity index (χ4v) is 10.2. The number of methoxy groups -OCH3 is 3. The summed E-state index contributed by atoms with van der Waals surface area (Å²) in [6.07, 6.45) is 4.75. The molecular weight excluding hydrogens is 1330 g/mol. The minimum Gasteiger partial charge on any atom is -0.496 e. The number of hydrogen-bond acceptors (Lipinski definition) is 23. The molecule has 0 atom stereocenters. The normalized spacial score (nSPS) is 14.0. The van der Waals surface area contributed by atoms with Crippen molar-refractivity contribution >= 4 is 87.1 Å². The van der Waals surface area contributed by atoms with Crippen LogP contribution in [-0.2, 0) is 9.47 Å². The third-order valence-electron chi connectivity index (χ3n) is 14.3. The number of aryl methyl sites for hydroxylation is 3. The minimum absolute atomic E-state index is 0.229. The molecule has 3 aromatic heterocycles. The first-order chi connectivity index (χ1) is 45.9. The molecule has 9 rings (SSSR count). The molecule has 26 heteroatoms. The first-order valence-corrected chi connectivity index (χ1v) is 32.8. The largest absolute Gasteiger partial charge is 0.496 e. The van der Waals surface area contributed by atoms with Gasteiger partial charge >= 0.3 is 12.2 Å². The third-order valence-corrected chi connectivity index (χ3v) is 15.1. The average molecular weight is 1430 g/mol. The molecule has 25 nitrogen and oxygen atoms in total. The fourth-order valence-electron chi connectivity index (χ4n) is 9.48. The lowest BCUT2D eigenvalue weighted by molar-refractivity contribution is 0.0146. The van der Waals surface area contributed by atoms with Crippen LogP contribution in [0.15, 0.2) is 72.8 Å². The van der Waals surface area contributed by atoms with Crippen molar-refractivity contribution in [2.75, 3.05) is 173 Å². The number of rotatable bonds is 15. The van der Waals surface area contributed by atoms with Gasteiger partial charge in [-0.3, -0.25) is 14.7 Å². The van der Waals surface area contributed by atoms with Crippen LogP contribution in [0.25, 0.3) is 0 Å². The van der Waals surface area contributed by atoms with Crippen molar-refractivity contribution in [3.8, 4) is 53.3 Å². The molecule has 0 saturated carbocycles. The zero-order valence-electron chi connectivity index (χ0n) is 58.3. The Bertz CT molecular complexity index is 3680. The second-order valence-corrected chi connectivity index (χ2v) is 25.4. The Balaban J connectivity index is 0.000000211. The summed E-state index contributed by atoms with van der Waals surface area (Å²) in [4.78, 5) is 60.6. The number of benzene rings is 3. The molecule has 0 radical (unpaired) electrons. The number of carbonyl (C=O) groups is 2. The molecule has 2 amide bonds. The minimum atomic E-state index is -0.483. The maximum absolute atomic E-state index is 12.2. The average Bonchev–Trinajstić information content (AvgIpc) is 1.05. The van der Waals surface area contributed by atoms with Crippen LogP contribution in [0.4, 0.5) is 61.9 Å². The summed E-state index contributed by atoms with van der Waals surface area (Å²) in [5.74, 6) is 21.8. The van der Waals surface area contributed by atoms with Gasteiger partial charge in [0, 0.05) is 152 Å². The number of terminal acetylenes is 1. The smallest absolute Gasteiger partial charge is 0.410 e. The predicted molar refractivity (Wildman–Crippen MR) is 391 cm³/mol. The van der Waals surface area contributed by atoms with Gasteiger partial charge in [-0.25, -0.2) is 24.5 Å². The Kier molecular flexibility index (Phi) is 29.9. The molecule has 0 unspecified atom stereocenters. The molecule has 3 aliphatic heterocycles. The van der Waals surface area contributed by atoms with Gasteiger partial charge in [-0.05, 0) is 140 Å². The molecule has 3 aliphatic rings. The number of nitrogens with one attached hydrogen (secondary N) is 7. The topological polar surface area (TPSA) is 258 Å². The molecule has 6 aromatic rings. The van der Waals surface area contributed by atoms with Crippen molar-refractivity contribution in [2.45, 2.75) is 73.5 Å². The number of ether oxygens (including phenoxy) is 5. The first-order valence-electron chi connectivity index (χ1n) is 31.7. The number of hydrogen-bond donors (Lipinski definition) is 7. The zero-order chi connectivity index (χ0) is 69.8. The van der Waals surface area contributed by atoms with Gasteiger partial charge in [0.2, 0.25) is 17.8 Å². The van der Waals surface area contributed by atoms with Crippen LogP contribution in [-0.4, -0.2) is 218 Å². The Morgan fingerprint density at radius 3 is 1.18 bits per heavy atom. The molecule has 96 heavy (non-hydrogen) atoms. The van der Waals surface area contributed by atoms with Gasteiger partial charge in [0.25, 0.3) is 0 Å². The molecule has 3 saturated heterocycles. The van der Waals surface area contributed by atoms with E-state index >= 15 is 0 Å². The van der Waals surface area contributed by atoms with E-state index in [-0.39, 0.29) is 12.2 Å². The fraction of sp³-hybridized carbons (Fsp3) is 0.457. The Morgan fingerprint density at radius 2 is 0.844 bits per heavy atom. The van der Waals surface area contributed by atoms with Crippen molar-refractivity contribution < 1.29 is 33.3 Å². The quantitative estimate of drug-likeness (QED) is 0.0373. The number of anilines is 9. The second-order valence-electron chi connectivity index (χ2n) is 24.3. The second kappa shape index (κ2) is 37.8. The van der Waals surface area contributed by atoms with E-state index in [1.54, 1.807) is 31.1 Å². The van der Waals surface area contributed by atoms with Gasteiger partial charge in [-0.1, -0.05) is 29.6 Å². The molecule has 0 aliphatic carbocycles. The summed E-state index contributed by atoms with van der Waals surface area (Å²) in [5.41, 5.74) is 6.00. The molecule has 0 bridgehead atoms. The van der Waals surface area contributed by atoms with Crippen molar-refractivity contribution in [3.63, 3.8) is 0 Å². The maximum Gasteiger partial charge on any atom is 0.410 e. The number of carbonyl (C=O) groups excluding carboxylic acids is 2. The number of halogens is 1. The van der Waals surface area contributed by atoms with E-state index < -0.39 is 11.2 Å². The van der Waals surface area contributed by atoms with Crippen molar-refractivity contribution in [2.24, 2.45) is 0 Å². The highest BCUT2D eigenvalue weighted by atomic mass is 127. The molecule has 3 fully saturated rings. The number of amides is 2. The van der Waals surface area contributed by atoms with E-state index in [2.05, 4.69) is 134 Å². The molecule has 0 spiro atoms. The first kappa shape index (κ1) is 75.9.